The molecule has 2 N–H and O–H groups in total. The summed E-state index contributed by atoms with van der Waals surface area (Å²) in [5.41, 5.74) is 0.386. The molecule has 2 atom stereocenters. The highest BCUT2D eigenvalue weighted by Crippen LogP contribution is 2.38. The maximum Gasteiger partial charge on any atom is 0.325 e. The molecule has 3 rings (SSSR count). The quantitative estimate of drug-likeness (QED) is 0.466. The normalized spacial score (nSPS) is 24.4. The molecule has 1 aliphatic heterocycles. The number of nitrogens with zero attached hydrogens (tertiary/aromatic N) is 2. The summed E-state index contributed by atoms with van der Waals surface area (Å²) in [6, 6.07) is 2.31. The molecule has 150 valence electrons. The van der Waals surface area contributed by atoms with Crippen molar-refractivity contribution in [1.29, 1.82) is 0 Å². The highest BCUT2D eigenvalue weighted by atomic mass is 16.6. The lowest BCUT2D eigenvalue weighted by Crippen LogP contribution is -2.54. The van der Waals surface area contributed by atoms with E-state index in [0.29, 0.717) is 6.42 Å². The molecule has 1 saturated carbocycles. The van der Waals surface area contributed by atoms with Crippen LogP contribution in [-0.4, -0.2) is 39.8 Å². The first-order valence-corrected chi connectivity index (χ1v) is 9.35. The SMILES string of the molecule is Cc1cc(NC(=O)CN2C(=O)N[C@]3(CCCC[C@H]3C)C2=O)c([N+](=O)[O-])cc1C. The monoisotopic (exact) mass is 388 g/mol. The third-order valence-corrected chi connectivity index (χ3v) is 5.89. The molecule has 1 aromatic rings. The lowest BCUT2D eigenvalue weighted by molar-refractivity contribution is -0.384. The van der Waals surface area contributed by atoms with Gasteiger partial charge in [0.25, 0.3) is 11.6 Å². The highest BCUT2D eigenvalue weighted by molar-refractivity contribution is 6.10. The van der Waals surface area contributed by atoms with Crippen LogP contribution in [-0.2, 0) is 9.59 Å². The molecule has 0 bridgehead atoms. The average molecular weight is 388 g/mol. The number of imide groups is 1. The van der Waals surface area contributed by atoms with E-state index >= 15 is 0 Å². The largest absolute Gasteiger partial charge is 0.325 e. The number of hydrogen-bond acceptors (Lipinski definition) is 5. The molecule has 9 nitrogen and oxygen atoms in total. The van der Waals surface area contributed by atoms with E-state index in [-0.39, 0.29) is 17.3 Å². The van der Waals surface area contributed by atoms with Crippen LogP contribution in [0.5, 0.6) is 0 Å². The van der Waals surface area contributed by atoms with Crippen LogP contribution in [0.1, 0.15) is 43.7 Å². The van der Waals surface area contributed by atoms with Gasteiger partial charge in [-0.3, -0.25) is 24.6 Å². The number of carbonyl (C=O) groups excluding carboxylic acids is 3. The van der Waals surface area contributed by atoms with Gasteiger partial charge in [0.15, 0.2) is 0 Å². The summed E-state index contributed by atoms with van der Waals surface area (Å²) >= 11 is 0. The second-order valence-electron chi connectivity index (χ2n) is 7.70. The second kappa shape index (κ2) is 7.21. The molecule has 0 aromatic heterocycles. The fourth-order valence-corrected chi connectivity index (χ4v) is 4.02. The van der Waals surface area contributed by atoms with E-state index in [1.807, 2.05) is 6.92 Å². The maximum atomic E-state index is 12.9. The summed E-state index contributed by atoms with van der Waals surface area (Å²) in [4.78, 5) is 49.4. The zero-order chi connectivity index (χ0) is 20.6. The standard InChI is InChI=1S/C19H24N4O5/c1-11-8-14(15(23(27)28)9-12(11)2)20-16(24)10-22-17(25)19(21-18(22)26)7-5-4-6-13(19)3/h8-9,13H,4-7,10H2,1-3H3,(H,20,24)(H,21,26)/t13-,19+/m1/s1. The molecule has 28 heavy (non-hydrogen) atoms. The van der Waals surface area contributed by atoms with Crippen LogP contribution in [0.15, 0.2) is 12.1 Å². The molecular weight excluding hydrogens is 364 g/mol. The minimum atomic E-state index is -0.942. The van der Waals surface area contributed by atoms with E-state index in [1.165, 1.54) is 12.1 Å². The van der Waals surface area contributed by atoms with Crippen molar-refractivity contribution in [3.8, 4) is 0 Å². The number of hydrogen-bond donors (Lipinski definition) is 2. The Labute approximate surface area is 162 Å². The number of benzene rings is 1. The van der Waals surface area contributed by atoms with Gasteiger partial charge in [0.2, 0.25) is 5.91 Å². The third-order valence-electron chi connectivity index (χ3n) is 5.89. The van der Waals surface area contributed by atoms with E-state index in [9.17, 15) is 24.5 Å². The summed E-state index contributed by atoms with van der Waals surface area (Å²) in [6.07, 6.45) is 3.23. The Morgan fingerprint density at radius 3 is 2.64 bits per heavy atom. The van der Waals surface area contributed by atoms with Crippen LogP contribution in [0.25, 0.3) is 0 Å². The zero-order valence-corrected chi connectivity index (χ0v) is 16.2. The van der Waals surface area contributed by atoms with E-state index in [2.05, 4.69) is 10.6 Å². The number of rotatable bonds is 4. The summed E-state index contributed by atoms with van der Waals surface area (Å²) in [7, 11) is 0. The molecule has 1 spiro atoms. The average Bonchev–Trinajstić information content (AvgIpc) is 2.85. The van der Waals surface area contributed by atoms with Gasteiger partial charge in [-0.25, -0.2) is 4.79 Å². The van der Waals surface area contributed by atoms with Crippen LogP contribution >= 0.6 is 0 Å². The fraction of sp³-hybridized carbons (Fsp3) is 0.526. The number of nitro benzene ring substituents is 1. The lowest BCUT2D eigenvalue weighted by Gasteiger charge is -2.36. The van der Waals surface area contributed by atoms with Crippen LogP contribution in [0.2, 0.25) is 0 Å². The number of aryl methyl sites for hydroxylation is 2. The molecule has 4 amide bonds. The van der Waals surface area contributed by atoms with Crippen LogP contribution in [0.3, 0.4) is 0 Å². The molecule has 1 saturated heterocycles. The van der Waals surface area contributed by atoms with Crippen molar-refractivity contribution >= 4 is 29.2 Å². The molecule has 2 aliphatic rings. The Balaban J connectivity index is 1.77. The number of amides is 4. The number of nitro groups is 1. The zero-order valence-electron chi connectivity index (χ0n) is 16.2. The van der Waals surface area contributed by atoms with Crippen molar-refractivity contribution < 1.29 is 19.3 Å². The molecule has 0 radical (unpaired) electrons. The second-order valence-corrected chi connectivity index (χ2v) is 7.70. The van der Waals surface area contributed by atoms with Crippen molar-refractivity contribution in [1.82, 2.24) is 10.2 Å². The van der Waals surface area contributed by atoms with E-state index in [4.69, 9.17) is 0 Å². The van der Waals surface area contributed by atoms with Crippen molar-refractivity contribution in [2.24, 2.45) is 5.92 Å². The van der Waals surface area contributed by atoms with Gasteiger partial charge in [0.05, 0.1) is 4.92 Å². The van der Waals surface area contributed by atoms with Gasteiger partial charge < -0.3 is 10.6 Å². The molecule has 1 aromatic carbocycles. The Kier molecular flexibility index (Phi) is 5.10. The Morgan fingerprint density at radius 1 is 1.32 bits per heavy atom. The van der Waals surface area contributed by atoms with Crippen molar-refractivity contribution in [3.63, 3.8) is 0 Å². The third kappa shape index (κ3) is 3.32. The van der Waals surface area contributed by atoms with Crippen LogP contribution in [0, 0.1) is 29.9 Å². The van der Waals surface area contributed by atoms with E-state index in [1.54, 1.807) is 13.8 Å². The predicted octanol–water partition coefficient (Wildman–Crippen LogP) is 2.65. The number of urea groups is 1. The number of anilines is 1. The van der Waals surface area contributed by atoms with Crippen LogP contribution < -0.4 is 10.6 Å². The topological polar surface area (TPSA) is 122 Å². The van der Waals surface area contributed by atoms with Gasteiger partial charge in [-0.05, 0) is 49.8 Å². The van der Waals surface area contributed by atoms with Crippen molar-refractivity contribution in [2.75, 3.05) is 11.9 Å². The van der Waals surface area contributed by atoms with Crippen molar-refractivity contribution in [2.45, 2.75) is 52.0 Å². The number of nitrogens with one attached hydrogen (secondary N) is 2. The Hall–Kier alpha value is -2.97. The van der Waals surface area contributed by atoms with Crippen molar-refractivity contribution in [3.05, 3.63) is 33.4 Å². The predicted molar refractivity (Wildman–Crippen MR) is 102 cm³/mol. The summed E-state index contributed by atoms with van der Waals surface area (Å²) in [6.45, 7) is 4.97. The minimum absolute atomic E-state index is 0.00778. The van der Waals surface area contributed by atoms with Gasteiger partial charge in [0.1, 0.15) is 17.8 Å². The first-order valence-electron chi connectivity index (χ1n) is 9.35. The smallest absolute Gasteiger partial charge is 0.323 e. The van der Waals surface area contributed by atoms with Crippen LogP contribution in [0.4, 0.5) is 16.2 Å². The first-order chi connectivity index (χ1) is 13.2. The molecule has 9 heteroatoms. The van der Waals surface area contributed by atoms with E-state index in [0.717, 1.165) is 35.3 Å². The maximum absolute atomic E-state index is 12.9. The summed E-state index contributed by atoms with van der Waals surface area (Å²) in [5.74, 6) is -1.06. The summed E-state index contributed by atoms with van der Waals surface area (Å²) < 4.78 is 0. The Morgan fingerprint density at radius 2 is 2.00 bits per heavy atom. The minimum Gasteiger partial charge on any atom is -0.323 e. The first kappa shape index (κ1) is 19.8. The van der Waals surface area contributed by atoms with E-state index < -0.39 is 34.9 Å². The fourth-order valence-electron chi connectivity index (χ4n) is 4.02. The molecule has 2 fully saturated rings. The van der Waals surface area contributed by atoms with Gasteiger partial charge >= 0.3 is 6.03 Å². The highest BCUT2D eigenvalue weighted by Gasteiger charge is 2.55. The van der Waals surface area contributed by atoms with Gasteiger partial charge in [-0.2, -0.15) is 0 Å². The number of carbonyl (C=O) groups is 3. The Bertz CT molecular complexity index is 868. The molecular formula is C19H24N4O5. The van der Waals surface area contributed by atoms with Gasteiger partial charge in [-0.15, -0.1) is 0 Å². The molecule has 0 unspecified atom stereocenters. The van der Waals surface area contributed by atoms with Gasteiger partial charge in [-0.1, -0.05) is 19.8 Å². The van der Waals surface area contributed by atoms with Gasteiger partial charge in [0, 0.05) is 6.07 Å². The molecule has 1 aliphatic carbocycles. The molecule has 1 heterocycles. The summed E-state index contributed by atoms with van der Waals surface area (Å²) in [5, 5.41) is 16.5. The lowest BCUT2D eigenvalue weighted by atomic mass is 9.73.